The highest BCUT2D eigenvalue weighted by Crippen LogP contribution is 2.35. The zero-order valence-electron chi connectivity index (χ0n) is 14.8. The zero-order chi connectivity index (χ0) is 19.0. The summed E-state index contributed by atoms with van der Waals surface area (Å²) in [5.41, 5.74) is 3.89. The van der Waals surface area contributed by atoms with Crippen LogP contribution in [0.3, 0.4) is 0 Å². The lowest BCUT2D eigenvalue weighted by Crippen LogP contribution is -2.43. The first-order chi connectivity index (χ1) is 13.0. The van der Waals surface area contributed by atoms with Crippen molar-refractivity contribution in [1.82, 2.24) is 15.2 Å². The number of aromatic amines is 1. The van der Waals surface area contributed by atoms with Crippen LogP contribution < -0.4 is 5.32 Å². The Morgan fingerprint density at radius 3 is 2.96 bits per heavy atom. The van der Waals surface area contributed by atoms with Crippen LogP contribution in [-0.2, 0) is 11.2 Å². The number of carbonyl (C=O) groups excluding carboxylic acids is 1. The molecular formula is C20H21Cl2N3O2. The van der Waals surface area contributed by atoms with Crippen LogP contribution in [-0.4, -0.2) is 40.6 Å². The van der Waals surface area contributed by atoms with E-state index in [1.807, 2.05) is 29.2 Å². The highest BCUT2D eigenvalue weighted by molar-refractivity contribution is 6.31. The van der Waals surface area contributed by atoms with Gasteiger partial charge in [0.2, 0.25) is 5.91 Å². The number of aromatic nitrogens is 1. The van der Waals surface area contributed by atoms with E-state index in [1.54, 1.807) is 6.08 Å². The second-order valence-corrected chi connectivity index (χ2v) is 7.89. The fourth-order valence-corrected chi connectivity index (χ4v) is 4.32. The molecule has 1 aromatic carbocycles. The van der Waals surface area contributed by atoms with Crippen molar-refractivity contribution in [2.45, 2.75) is 25.3 Å². The molecular weight excluding hydrogens is 385 g/mol. The normalized spacial score (nSPS) is 20.2. The van der Waals surface area contributed by atoms with Crippen LogP contribution in [0.5, 0.6) is 0 Å². The summed E-state index contributed by atoms with van der Waals surface area (Å²) < 4.78 is 0. The number of benzene rings is 1. The van der Waals surface area contributed by atoms with Gasteiger partial charge in [0.1, 0.15) is 0 Å². The van der Waals surface area contributed by atoms with E-state index in [0.29, 0.717) is 11.6 Å². The molecule has 0 radical (unpaired) electrons. The Kier molecular flexibility index (Phi) is 5.28. The molecule has 1 unspecified atom stereocenters. The predicted octanol–water partition coefficient (Wildman–Crippen LogP) is 3.63. The fraction of sp³-hybridized carbons (Fsp3) is 0.350. The summed E-state index contributed by atoms with van der Waals surface area (Å²) in [6, 6.07) is 5.51. The van der Waals surface area contributed by atoms with Crippen LogP contribution in [0.15, 0.2) is 41.1 Å². The molecule has 1 amide bonds. The first-order valence-electron chi connectivity index (χ1n) is 9.06. The highest BCUT2D eigenvalue weighted by Gasteiger charge is 2.31. The second kappa shape index (κ2) is 7.68. The molecule has 2 heterocycles. The highest BCUT2D eigenvalue weighted by atomic mass is 35.5. The van der Waals surface area contributed by atoms with Gasteiger partial charge in [-0.05, 0) is 49.1 Å². The predicted molar refractivity (Wildman–Crippen MR) is 108 cm³/mol. The van der Waals surface area contributed by atoms with Crippen LogP contribution in [0.1, 0.15) is 30.1 Å². The minimum Gasteiger partial charge on any atom is -0.394 e. The number of fused-ring (bicyclic) bond motifs is 3. The summed E-state index contributed by atoms with van der Waals surface area (Å²) in [5.74, 6) is -0.107. The molecule has 1 atom stereocenters. The summed E-state index contributed by atoms with van der Waals surface area (Å²) >= 11 is 12.2. The van der Waals surface area contributed by atoms with Gasteiger partial charge in [-0.15, -0.1) is 0 Å². The van der Waals surface area contributed by atoms with Crippen LogP contribution in [0.25, 0.3) is 10.9 Å². The average Bonchev–Trinajstić information content (AvgIpc) is 2.99. The number of nitrogens with one attached hydrogen (secondary N) is 2. The molecule has 0 saturated carbocycles. The number of amides is 1. The molecule has 5 nitrogen and oxygen atoms in total. The molecule has 1 aromatic heterocycles. The topological polar surface area (TPSA) is 68.4 Å². The second-order valence-electron chi connectivity index (χ2n) is 6.96. The van der Waals surface area contributed by atoms with Crippen molar-refractivity contribution in [3.8, 4) is 0 Å². The summed E-state index contributed by atoms with van der Waals surface area (Å²) in [5, 5.41) is 15.4. The monoisotopic (exact) mass is 405 g/mol. The van der Waals surface area contributed by atoms with Crippen LogP contribution in [0, 0.1) is 0 Å². The van der Waals surface area contributed by atoms with Crippen molar-refractivity contribution in [2.75, 3.05) is 19.7 Å². The first-order valence-corrected chi connectivity index (χ1v) is 9.81. The van der Waals surface area contributed by atoms with Gasteiger partial charge in [-0.2, -0.15) is 0 Å². The SMILES string of the molecule is O=C(CN1CCc2c([nH]c3ccc(Cl)cc23)C1CO)NC1=CCCC(Cl)=C1. The number of carbonyl (C=O) groups is 1. The fourth-order valence-electron chi connectivity index (χ4n) is 3.92. The number of halogens is 2. The minimum atomic E-state index is -0.245. The van der Waals surface area contributed by atoms with Crippen LogP contribution >= 0.6 is 23.2 Å². The van der Waals surface area contributed by atoms with E-state index in [4.69, 9.17) is 23.2 Å². The number of hydrogen-bond acceptors (Lipinski definition) is 3. The van der Waals surface area contributed by atoms with E-state index < -0.39 is 0 Å². The van der Waals surface area contributed by atoms with E-state index in [2.05, 4.69) is 10.3 Å². The summed E-state index contributed by atoms with van der Waals surface area (Å²) in [7, 11) is 0. The molecule has 7 heteroatoms. The van der Waals surface area contributed by atoms with E-state index >= 15 is 0 Å². The molecule has 4 rings (SSSR count). The molecule has 1 aliphatic carbocycles. The molecule has 27 heavy (non-hydrogen) atoms. The Hall–Kier alpha value is -1.79. The molecule has 3 N–H and O–H groups in total. The van der Waals surface area contributed by atoms with Gasteiger partial charge in [-0.1, -0.05) is 29.3 Å². The van der Waals surface area contributed by atoms with Crippen molar-refractivity contribution < 1.29 is 9.90 Å². The van der Waals surface area contributed by atoms with Crippen molar-refractivity contribution in [1.29, 1.82) is 0 Å². The molecule has 2 aliphatic rings. The van der Waals surface area contributed by atoms with E-state index in [1.165, 1.54) is 5.56 Å². The summed E-state index contributed by atoms with van der Waals surface area (Å²) in [6.07, 6.45) is 6.21. The van der Waals surface area contributed by atoms with E-state index in [-0.39, 0.29) is 25.1 Å². The van der Waals surface area contributed by atoms with Crippen LogP contribution in [0.4, 0.5) is 0 Å². The number of aliphatic hydroxyl groups is 1. The minimum absolute atomic E-state index is 0.0603. The van der Waals surface area contributed by atoms with Gasteiger partial charge in [0.15, 0.2) is 0 Å². The lowest BCUT2D eigenvalue weighted by molar-refractivity contribution is -0.122. The molecule has 1 aliphatic heterocycles. The Balaban J connectivity index is 1.52. The smallest absolute Gasteiger partial charge is 0.238 e. The quantitative estimate of drug-likeness (QED) is 0.727. The number of H-pyrrole nitrogens is 1. The van der Waals surface area contributed by atoms with Gasteiger partial charge in [0, 0.05) is 38.9 Å². The largest absolute Gasteiger partial charge is 0.394 e. The van der Waals surface area contributed by atoms with Crippen molar-refractivity contribution in [3.05, 3.63) is 57.4 Å². The summed E-state index contributed by atoms with van der Waals surface area (Å²) in [6.45, 7) is 0.847. The Morgan fingerprint density at radius 1 is 1.33 bits per heavy atom. The maximum Gasteiger partial charge on any atom is 0.238 e. The lowest BCUT2D eigenvalue weighted by atomic mass is 9.97. The van der Waals surface area contributed by atoms with Gasteiger partial charge >= 0.3 is 0 Å². The Morgan fingerprint density at radius 2 is 2.19 bits per heavy atom. The van der Waals surface area contributed by atoms with Gasteiger partial charge in [-0.25, -0.2) is 0 Å². The third-order valence-electron chi connectivity index (χ3n) is 5.19. The first kappa shape index (κ1) is 18.6. The molecule has 0 spiro atoms. The van der Waals surface area contributed by atoms with E-state index in [0.717, 1.165) is 46.6 Å². The zero-order valence-corrected chi connectivity index (χ0v) is 16.3. The number of aliphatic hydroxyl groups excluding tert-OH is 1. The average molecular weight is 406 g/mol. The number of hydrogen-bond donors (Lipinski definition) is 3. The van der Waals surface area contributed by atoms with Gasteiger partial charge < -0.3 is 15.4 Å². The van der Waals surface area contributed by atoms with Gasteiger partial charge in [-0.3, -0.25) is 9.69 Å². The van der Waals surface area contributed by atoms with E-state index in [9.17, 15) is 9.90 Å². The van der Waals surface area contributed by atoms with Gasteiger partial charge in [0.25, 0.3) is 0 Å². The molecule has 2 aromatic rings. The number of allylic oxidation sites excluding steroid dienone is 3. The van der Waals surface area contributed by atoms with Crippen molar-refractivity contribution >= 4 is 40.0 Å². The lowest BCUT2D eigenvalue weighted by Gasteiger charge is -2.34. The van der Waals surface area contributed by atoms with Crippen molar-refractivity contribution in [2.24, 2.45) is 0 Å². The summed E-state index contributed by atoms with van der Waals surface area (Å²) in [4.78, 5) is 17.9. The molecule has 142 valence electrons. The molecule has 0 saturated heterocycles. The third kappa shape index (κ3) is 3.78. The molecule has 0 fully saturated rings. The molecule has 0 bridgehead atoms. The maximum absolute atomic E-state index is 12.5. The number of rotatable bonds is 4. The number of nitrogens with zero attached hydrogens (tertiary/aromatic N) is 1. The van der Waals surface area contributed by atoms with Crippen LogP contribution in [0.2, 0.25) is 5.02 Å². The van der Waals surface area contributed by atoms with Crippen molar-refractivity contribution in [3.63, 3.8) is 0 Å². The Bertz CT molecular complexity index is 948. The standard InChI is InChI=1S/C20H21Cl2N3O2/c21-12-2-1-3-14(8-12)23-19(27)10-25-7-6-15-16-9-13(22)4-5-17(16)24-20(15)18(25)11-26/h3-5,8-9,18,24,26H,1-2,6-7,10-11H2,(H,23,27). The Labute approximate surface area is 167 Å². The third-order valence-corrected chi connectivity index (χ3v) is 5.72. The van der Waals surface area contributed by atoms with Gasteiger partial charge in [0.05, 0.1) is 19.2 Å². The maximum atomic E-state index is 12.5.